The second kappa shape index (κ2) is 9.04. The van der Waals surface area contributed by atoms with Crippen molar-refractivity contribution in [3.05, 3.63) is 64.2 Å². The number of alkyl halides is 3. The van der Waals surface area contributed by atoms with Gasteiger partial charge >= 0.3 is 12.1 Å². The number of ether oxygens (including phenoxy) is 1. The first-order valence-corrected chi connectivity index (χ1v) is 9.24. The quantitative estimate of drug-likeness (QED) is 0.410. The molecule has 1 fully saturated rings. The van der Waals surface area contributed by atoms with Gasteiger partial charge in [0.25, 0.3) is 11.6 Å². The van der Waals surface area contributed by atoms with Crippen LogP contribution in [-0.2, 0) is 25.3 Å². The van der Waals surface area contributed by atoms with Gasteiger partial charge in [-0.05, 0) is 24.3 Å². The highest BCUT2D eigenvalue weighted by Gasteiger charge is 2.37. The topological polar surface area (TPSA) is 119 Å². The minimum atomic E-state index is -4.67. The lowest BCUT2D eigenvalue weighted by Crippen LogP contribution is -2.28. The van der Waals surface area contributed by atoms with Crippen LogP contribution in [0.1, 0.15) is 12.0 Å². The van der Waals surface area contributed by atoms with E-state index < -0.39 is 52.7 Å². The second-order valence-corrected chi connectivity index (χ2v) is 6.88. The minimum absolute atomic E-state index is 0.0615. The molecule has 2 aromatic rings. The number of hydrogen-bond acceptors (Lipinski definition) is 6. The third-order valence-corrected chi connectivity index (χ3v) is 4.68. The number of hydrogen-bond donors (Lipinski definition) is 1. The molecular weight excluding hydrogens is 435 g/mol. The lowest BCUT2D eigenvalue weighted by Gasteiger charge is -2.16. The van der Waals surface area contributed by atoms with Crippen LogP contribution in [0.3, 0.4) is 0 Å². The number of nitrogens with zero attached hydrogens (tertiary/aromatic N) is 2. The summed E-state index contributed by atoms with van der Waals surface area (Å²) in [4.78, 5) is 47.8. The molecule has 0 bridgehead atoms. The van der Waals surface area contributed by atoms with Gasteiger partial charge in [-0.15, -0.1) is 0 Å². The van der Waals surface area contributed by atoms with E-state index in [9.17, 15) is 37.7 Å². The number of rotatable bonds is 6. The fourth-order valence-corrected chi connectivity index (χ4v) is 3.15. The maximum atomic E-state index is 13.0. The normalized spacial score (nSPS) is 16.0. The highest BCUT2D eigenvalue weighted by Crippen LogP contribution is 2.34. The van der Waals surface area contributed by atoms with Crippen molar-refractivity contribution in [3.8, 4) is 0 Å². The highest BCUT2D eigenvalue weighted by atomic mass is 19.4. The van der Waals surface area contributed by atoms with Crippen LogP contribution >= 0.6 is 0 Å². The number of para-hydroxylation sites is 1. The molecule has 9 nitrogen and oxygen atoms in total. The van der Waals surface area contributed by atoms with Crippen molar-refractivity contribution in [1.29, 1.82) is 0 Å². The number of benzene rings is 2. The van der Waals surface area contributed by atoms with Crippen LogP contribution in [0.15, 0.2) is 48.5 Å². The Morgan fingerprint density at radius 2 is 1.81 bits per heavy atom. The molecule has 0 aromatic heterocycles. The Morgan fingerprint density at radius 1 is 1.16 bits per heavy atom. The van der Waals surface area contributed by atoms with E-state index in [1.54, 1.807) is 0 Å². The Morgan fingerprint density at radius 3 is 2.44 bits per heavy atom. The van der Waals surface area contributed by atoms with Crippen molar-refractivity contribution in [1.82, 2.24) is 0 Å². The van der Waals surface area contributed by atoms with Gasteiger partial charge in [0.15, 0.2) is 6.61 Å². The Balaban J connectivity index is 1.56. The third kappa shape index (κ3) is 5.20. The van der Waals surface area contributed by atoms with E-state index in [0.717, 1.165) is 12.1 Å². The summed E-state index contributed by atoms with van der Waals surface area (Å²) in [6.07, 6.45) is -4.87. The summed E-state index contributed by atoms with van der Waals surface area (Å²) >= 11 is 0. The molecule has 1 heterocycles. The Hall–Kier alpha value is -3.96. The summed E-state index contributed by atoms with van der Waals surface area (Å²) in [5.41, 5.74) is -1.31. The number of halogens is 3. The van der Waals surface area contributed by atoms with Crippen LogP contribution in [0.25, 0.3) is 0 Å². The lowest BCUT2D eigenvalue weighted by molar-refractivity contribution is -0.384. The minimum Gasteiger partial charge on any atom is -0.455 e. The van der Waals surface area contributed by atoms with Gasteiger partial charge in [0.05, 0.1) is 22.1 Å². The Bertz CT molecular complexity index is 1060. The number of amides is 2. The standard InChI is InChI=1S/C20H16F3N3O6/c21-20(22,23)15-3-1-2-4-16(15)24-17(27)11-32-19(29)12-9-18(28)25(10-12)13-5-7-14(8-6-13)26(30)31/h1-8,12H,9-11H2,(H,24,27)/t12-/m1/s1. The number of nitrogens with one attached hydrogen (secondary N) is 1. The third-order valence-electron chi connectivity index (χ3n) is 4.68. The van der Waals surface area contributed by atoms with E-state index in [1.165, 1.54) is 41.3 Å². The van der Waals surface area contributed by atoms with Crippen LogP contribution in [0, 0.1) is 16.0 Å². The molecule has 168 valence electrons. The number of carbonyl (C=O) groups is 3. The summed E-state index contributed by atoms with van der Waals surface area (Å²) in [5.74, 6) is -3.13. The van der Waals surface area contributed by atoms with E-state index in [0.29, 0.717) is 5.69 Å². The summed E-state index contributed by atoms with van der Waals surface area (Å²) in [7, 11) is 0. The van der Waals surface area contributed by atoms with Crippen LogP contribution in [-0.4, -0.2) is 35.9 Å². The summed E-state index contributed by atoms with van der Waals surface area (Å²) in [6.45, 7) is -0.888. The zero-order valence-corrected chi connectivity index (χ0v) is 16.3. The van der Waals surface area contributed by atoms with Gasteiger partial charge in [0.2, 0.25) is 5.91 Å². The molecule has 1 saturated heterocycles. The zero-order chi connectivity index (χ0) is 23.5. The van der Waals surface area contributed by atoms with Crippen LogP contribution in [0.2, 0.25) is 0 Å². The predicted octanol–water partition coefficient (Wildman–Crippen LogP) is 3.15. The number of esters is 1. The lowest BCUT2D eigenvalue weighted by atomic mass is 10.1. The van der Waals surface area contributed by atoms with E-state index in [-0.39, 0.29) is 18.7 Å². The first-order chi connectivity index (χ1) is 15.1. The van der Waals surface area contributed by atoms with Crippen LogP contribution in [0.5, 0.6) is 0 Å². The van der Waals surface area contributed by atoms with Crippen molar-refractivity contribution in [2.45, 2.75) is 12.6 Å². The molecular formula is C20H16F3N3O6. The number of nitro groups is 1. The van der Waals surface area contributed by atoms with Crippen molar-refractivity contribution >= 4 is 34.8 Å². The molecule has 0 spiro atoms. The molecule has 0 saturated carbocycles. The molecule has 1 aliphatic heterocycles. The van der Waals surface area contributed by atoms with Gasteiger partial charge in [-0.25, -0.2) is 0 Å². The monoisotopic (exact) mass is 451 g/mol. The van der Waals surface area contributed by atoms with E-state index in [1.807, 2.05) is 0 Å². The number of non-ortho nitro benzene ring substituents is 1. The van der Waals surface area contributed by atoms with Gasteiger partial charge in [-0.3, -0.25) is 24.5 Å². The first-order valence-electron chi connectivity index (χ1n) is 9.24. The Kier molecular flexibility index (Phi) is 6.42. The SMILES string of the molecule is O=C(COC(=O)[C@@H]1CC(=O)N(c2ccc([N+](=O)[O-])cc2)C1)Nc1ccccc1C(F)(F)F. The Labute approximate surface area is 178 Å². The number of carbonyl (C=O) groups excluding carboxylic acids is 3. The van der Waals surface area contributed by atoms with Gasteiger partial charge in [0, 0.05) is 30.8 Å². The van der Waals surface area contributed by atoms with E-state index in [4.69, 9.17) is 4.74 Å². The van der Waals surface area contributed by atoms with Crippen LogP contribution < -0.4 is 10.2 Å². The van der Waals surface area contributed by atoms with Gasteiger partial charge in [0.1, 0.15) is 0 Å². The van der Waals surface area contributed by atoms with Crippen molar-refractivity contribution < 1.29 is 37.2 Å². The molecule has 32 heavy (non-hydrogen) atoms. The molecule has 0 unspecified atom stereocenters. The summed E-state index contributed by atoms with van der Waals surface area (Å²) in [5, 5.41) is 12.8. The molecule has 1 aliphatic rings. The number of anilines is 2. The molecule has 3 rings (SSSR count). The highest BCUT2D eigenvalue weighted by molar-refractivity contribution is 6.00. The van der Waals surface area contributed by atoms with Gasteiger partial charge < -0.3 is 15.0 Å². The second-order valence-electron chi connectivity index (χ2n) is 6.88. The average molecular weight is 451 g/mol. The largest absolute Gasteiger partial charge is 0.455 e. The van der Waals surface area contributed by atoms with Crippen LogP contribution in [0.4, 0.5) is 30.2 Å². The fourth-order valence-electron chi connectivity index (χ4n) is 3.15. The average Bonchev–Trinajstić information content (AvgIpc) is 3.13. The smallest absolute Gasteiger partial charge is 0.418 e. The maximum absolute atomic E-state index is 13.0. The van der Waals surface area contributed by atoms with Gasteiger partial charge in [-0.2, -0.15) is 13.2 Å². The van der Waals surface area contributed by atoms with E-state index >= 15 is 0 Å². The summed E-state index contributed by atoms with van der Waals surface area (Å²) < 4.78 is 43.8. The molecule has 2 amide bonds. The van der Waals surface area contributed by atoms with E-state index in [2.05, 4.69) is 5.32 Å². The predicted molar refractivity (Wildman–Crippen MR) is 105 cm³/mol. The zero-order valence-electron chi connectivity index (χ0n) is 16.3. The fraction of sp³-hybridized carbons (Fsp3) is 0.250. The molecule has 1 atom stereocenters. The first kappa shape index (κ1) is 22.7. The van der Waals surface area contributed by atoms with Crippen molar-refractivity contribution in [2.75, 3.05) is 23.4 Å². The molecule has 2 aromatic carbocycles. The molecule has 12 heteroatoms. The summed E-state index contributed by atoms with van der Waals surface area (Å²) in [6, 6.07) is 9.54. The van der Waals surface area contributed by atoms with Gasteiger partial charge in [-0.1, -0.05) is 12.1 Å². The maximum Gasteiger partial charge on any atom is 0.418 e. The number of nitro benzene ring substituents is 1. The molecule has 0 radical (unpaired) electrons. The van der Waals surface area contributed by atoms with Crippen molar-refractivity contribution in [2.24, 2.45) is 5.92 Å². The molecule has 1 N–H and O–H groups in total. The molecule has 0 aliphatic carbocycles. The van der Waals surface area contributed by atoms with Crippen molar-refractivity contribution in [3.63, 3.8) is 0 Å².